The van der Waals surface area contributed by atoms with E-state index in [2.05, 4.69) is 126 Å². The predicted octanol–water partition coefficient (Wildman–Crippen LogP) is 12.6. The van der Waals surface area contributed by atoms with Gasteiger partial charge < -0.3 is 0 Å². The molecule has 5 heteroatoms. The van der Waals surface area contributed by atoms with Crippen LogP contribution in [0.25, 0.3) is 100 Å². The van der Waals surface area contributed by atoms with Gasteiger partial charge in [0, 0.05) is 51.0 Å². The Morgan fingerprint density at radius 3 is 1.32 bits per heavy atom. The molecular weight excluding hydrogens is 683 g/mol. The van der Waals surface area contributed by atoms with E-state index >= 15 is 0 Å². The molecule has 0 aliphatic rings. The van der Waals surface area contributed by atoms with Crippen molar-refractivity contribution < 1.29 is 0 Å². The first-order chi connectivity index (χ1) is 27.7. The Bertz CT molecular complexity index is 2910. The SMILES string of the molecule is c1ccc(-c2cc(-c3ccc(-c4ccc(-c5cc6ccc(-c7ccccc7)nc6c6nc(-c7ccccc7)ccc56)cc4)cc3)nc(-c3ccncc3)n2)cc1. The van der Waals surface area contributed by atoms with Crippen LogP contribution in [0.2, 0.25) is 0 Å². The highest BCUT2D eigenvalue weighted by Gasteiger charge is 2.15. The lowest BCUT2D eigenvalue weighted by Crippen LogP contribution is -1.96. The number of rotatable bonds is 7. The maximum atomic E-state index is 5.26. The molecule has 0 saturated carbocycles. The van der Waals surface area contributed by atoms with E-state index in [0.717, 1.165) is 94.7 Å². The van der Waals surface area contributed by atoms with Gasteiger partial charge in [0.15, 0.2) is 5.82 Å². The second-order valence-corrected chi connectivity index (χ2v) is 13.7. The standard InChI is InChI=1S/C51H33N5/c1-4-10-37(11-5-1)45-26-24-42-32-44(43-25-27-46(38-12-6-2-7-13-38)54-50(43)49(42)53-45)36-20-16-34(17-21-36)35-18-22-40(23-19-35)48-33-47(39-14-8-3-9-15-39)55-51(56-48)41-28-30-52-31-29-41/h1-33H. The van der Waals surface area contributed by atoms with Crippen LogP contribution < -0.4 is 0 Å². The largest absolute Gasteiger partial charge is 0.265 e. The lowest BCUT2D eigenvalue weighted by atomic mass is 9.94. The molecule has 0 aliphatic heterocycles. The molecule has 0 spiro atoms. The first-order valence-corrected chi connectivity index (χ1v) is 18.7. The van der Waals surface area contributed by atoms with Gasteiger partial charge in [-0.15, -0.1) is 0 Å². The van der Waals surface area contributed by atoms with E-state index < -0.39 is 0 Å². The van der Waals surface area contributed by atoms with Crippen LogP contribution in [0, 0.1) is 0 Å². The van der Waals surface area contributed by atoms with Crippen LogP contribution in [-0.4, -0.2) is 24.9 Å². The van der Waals surface area contributed by atoms with E-state index in [1.165, 1.54) is 0 Å². The van der Waals surface area contributed by atoms with Gasteiger partial charge in [0.05, 0.1) is 33.8 Å². The number of hydrogen-bond donors (Lipinski definition) is 0. The van der Waals surface area contributed by atoms with Crippen LogP contribution in [0.4, 0.5) is 0 Å². The second kappa shape index (κ2) is 14.3. The summed E-state index contributed by atoms with van der Waals surface area (Å²) in [6.07, 6.45) is 3.54. The van der Waals surface area contributed by atoms with Crippen molar-refractivity contribution in [2.45, 2.75) is 0 Å². The molecule has 0 saturated heterocycles. The Hall–Kier alpha value is -7.63. The van der Waals surface area contributed by atoms with Gasteiger partial charge in [-0.25, -0.2) is 19.9 Å². The quantitative estimate of drug-likeness (QED) is 0.154. The average molecular weight is 716 g/mol. The predicted molar refractivity (Wildman–Crippen MR) is 228 cm³/mol. The summed E-state index contributed by atoms with van der Waals surface area (Å²) < 4.78 is 0. The molecule has 0 radical (unpaired) electrons. The molecular formula is C51H33N5. The van der Waals surface area contributed by atoms with Crippen LogP contribution in [0.5, 0.6) is 0 Å². The third kappa shape index (κ3) is 6.37. The summed E-state index contributed by atoms with van der Waals surface area (Å²) in [6.45, 7) is 0. The van der Waals surface area contributed by atoms with Crippen LogP contribution >= 0.6 is 0 Å². The van der Waals surface area contributed by atoms with Gasteiger partial charge in [-0.1, -0.05) is 146 Å². The molecule has 0 bridgehead atoms. The molecule has 0 aliphatic carbocycles. The fourth-order valence-electron chi connectivity index (χ4n) is 7.30. The maximum absolute atomic E-state index is 5.26. The number of hydrogen-bond acceptors (Lipinski definition) is 5. The van der Waals surface area contributed by atoms with E-state index in [1.807, 2.05) is 66.7 Å². The molecule has 10 aromatic rings. The van der Waals surface area contributed by atoms with Crippen molar-refractivity contribution in [2.24, 2.45) is 0 Å². The fraction of sp³-hybridized carbons (Fsp3) is 0. The Balaban J connectivity index is 1.01. The normalized spacial score (nSPS) is 11.2. The fourth-order valence-corrected chi connectivity index (χ4v) is 7.30. The first-order valence-electron chi connectivity index (χ1n) is 18.7. The molecule has 10 rings (SSSR count). The zero-order valence-corrected chi connectivity index (χ0v) is 30.3. The van der Waals surface area contributed by atoms with Crippen molar-refractivity contribution in [3.05, 3.63) is 200 Å². The smallest absolute Gasteiger partial charge is 0.160 e. The van der Waals surface area contributed by atoms with E-state index in [9.17, 15) is 0 Å². The highest BCUT2D eigenvalue weighted by Crippen LogP contribution is 2.37. The summed E-state index contributed by atoms with van der Waals surface area (Å²) in [5.41, 5.74) is 15.0. The Morgan fingerprint density at radius 1 is 0.286 bits per heavy atom. The number of pyridine rings is 3. The third-order valence-corrected chi connectivity index (χ3v) is 10.2. The van der Waals surface area contributed by atoms with Crippen molar-refractivity contribution in [1.29, 1.82) is 0 Å². The van der Waals surface area contributed by atoms with Gasteiger partial charge in [0.1, 0.15) is 0 Å². The summed E-state index contributed by atoms with van der Waals surface area (Å²) in [4.78, 5) is 24.5. The summed E-state index contributed by atoms with van der Waals surface area (Å²) in [5.74, 6) is 0.670. The number of fused-ring (bicyclic) bond motifs is 3. The summed E-state index contributed by atoms with van der Waals surface area (Å²) in [7, 11) is 0. The number of benzene rings is 6. The van der Waals surface area contributed by atoms with Gasteiger partial charge in [0.2, 0.25) is 0 Å². The van der Waals surface area contributed by atoms with E-state index in [-0.39, 0.29) is 0 Å². The minimum atomic E-state index is 0.670. The molecule has 56 heavy (non-hydrogen) atoms. The molecule has 0 atom stereocenters. The van der Waals surface area contributed by atoms with E-state index in [4.69, 9.17) is 19.9 Å². The minimum absolute atomic E-state index is 0.670. The average Bonchev–Trinajstić information content (AvgIpc) is 3.29. The van der Waals surface area contributed by atoms with E-state index in [1.54, 1.807) is 12.4 Å². The van der Waals surface area contributed by atoms with Crippen molar-refractivity contribution in [3.63, 3.8) is 0 Å². The van der Waals surface area contributed by atoms with Crippen LogP contribution in [0.3, 0.4) is 0 Å². The van der Waals surface area contributed by atoms with Gasteiger partial charge in [0.25, 0.3) is 0 Å². The lowest BCUT2D eigenvalue weighted by molar-refractivity contribution is 1.18. The van der Waals surface area contributed by atoms with E-state index in [0.29, 0.717) is 5.82 Å². The van der Waals surface area contributed by atoms with Crippen molar-refractivity contribution in [3.8, 4) is 78.7 Å². The molecule has 6 aromatic carbocycles. The summed E-state index contributed by atoms with van der Waals surface area (Å²) >= 11 is 0. The molecule has 4 heterocycles. The topological polar surface area (TPSA) is 64.5 Å². The molecule has 0 amide bonds. The van der Waals surface area contributed by atoms with Gasteiger partial charge in [-0.2, -0.15) is 0 Å². The van der Waals surface area contributed by atoms with Crippen LogP contribution in [0.15, 0.2) is 200 Å². The molecule has 5 nitrogen and oxygen atoms in total. The Kier molecular flexibility index (Phi) is 8.43. The number of nitrogens with zero attached hydrogens (tertiary/aromatic N) is 5. The zero-order valence-electron chi connectivity index (χ0n) is 30.3. The second-order valence-electron chi connectivity index (χ2n) is 13.7. The summed E-state index contributed by atoms with van der Waals surface area (Å²) in [6, 6.07) is 65.1. The van der Waals surface area contributed by atoms with Crippen molar-refractivity contribution >= 4 is 21.8 Å². The maximum Gasteiger partial charge on any atom is 0.160 e. The molecule has 262 valence electrons. The van der Waals surface area contributed by atoms with Gasteiger partial charge >= 0.3 is 0 Å². The first kappa shape index (κ1) is 33.0. The van der Waals surface area contributed by atoms with Crippen LogP contribution in [0.1, 0.15) is 0 Å². The zero-order chi connectivity index (χ0) is 37.3. The Morgan fingerprint density at radius 2 is 0.750 bits per heavy atom. The lowest BCUT2D eigenvalue weighted by Gasteiger charge is -2.13. The molecule has 0 unspecified atom stereocenters. The minimum Gasteiger partial charge on any atom is -0.265 e. The number of aromatic nitrogens is 5. The highest BCUT2D eigenvalue weighted by atomic mass is 14.9. The molecule has 0 fully saturated rings. The molecule has 4 aromatic heterocycles. The molecule has 0 N–H and O–H groups in total. The summed E-state index contributed by atoms with van der Waals surface area (Å²) in [5, 5.41) is 2.12. The van der Waals surface area contributed by atoms with Gasteiger partial charge in [-0.3, -0.25) is 4.98 Å². The van der Waals surface area contributed by atoms with Crippen LogP contribution in [-0.2, 0) is 0 Å². The highest BCUT2D eigenvalue weighted by molar-refractivity contribution is 6.11. The Labute approximate surface area is 324 Å². The monoisotopic (exact) mass is 715 g/mol. The van der Waals surface area contributed by atoms with Crippen molar-refractivity contribution in [1.82, 2.24) is 24.9 Å². The van der Waals surface area contributed by atoms with Gasteiger partial charge in [-0.05, 0) is 64.7 Å². The third-order valence-electron chi connectivity index (χ3n) is 10.2. The van der Waals surface area contributed by atoms with Crippen molar-refractivity contribution in [2.75, 3.05) is 0 Å².